The number of nitrogens with zero attached hydrogens (tertiary/aromatic N) is 1. The van der Waals surface area contributed by atoms with E-state index in [1.54, 1.807) is 0 Å². The topological polar surface area (TPSA) is 41.9 Å². The first-order valence-electron chi connectivity index (χ1n) is 8.59. The Morgan fingerprint density at radius 2 is 1.52 bits per heavy atom. The quantitative estimate of drug-likeness (QED) is 0.748. The van der Waals surface area contributed by atoms with Crippen LogP contribution in [0.15, 0.2) is 0 Å². The van der Waals surface area contributed by atoms with E-state index >= 15 is 0 Å². The number of hydrogen-bond donors (Lipinski definition) is 1. The molecule has 1 aliphatic rings. The number of piperidine rings is 1. The van der Waals surface area contributed by atoms with E-state index in [1.165, 1.54) is 32.4 Å². The zero-order valence-electron chi connectivity index (χ0n) is 14.8. The second-order valence-corrected chi connectivity index (χ2v) is 6.27. The zero-order chi connectivity index (χ0) is 16.1. The van der Waals surface area contributed by atoms with E-state index in [1.807, 2.05) is 20.8 Å². The summed E-state index contributed by atoms with van der Waals surface area (Å²) in [5, 5.41) is 8.98. The van der Waals surface area contributed by atoms with Gasteiger partial charge in [0.05, 0.1) is 31.5 Å². The van der Waals surface area contributed by atoms with Crippen LogP contribution in [-0.4, -0.2) is 61.2 Å². The van der Waals surface area contributed by atoms with Crippen LogP contribution in [0.2, 0.25) is 0 Å². The maximum absolute atomic E-state index is 8.98. The van der Waals surface area contributed by atoms with E-state index in [2.05, 4.69) is 18.7 Å². The molecule has 0 aromatic heterocycles. The second kappa shape index (κ2) is 13.5. The Morgan fingerprint density at radius 3 is 2.00 bits per heavy atom. The first-order chi connectivity index (χ1) is 9.95. The summed E-state index contributed by atoms with van der Waals surface area (Å²) in [6, 6.07) is 0. The lowest BCUT2D eigenvalue weighted by Crippen LogP contribution is -2.33. The largest absolute Gasteiger partial charge is 0.391 e. The Hall–Kier alpha value is -0.160. The molecule has 1 rings (SSSR count). The van der Waals surface area contributed by atoms with Gasteiger partial charge in [0.15, 0.2) is 0 Å². The molecule has 0 aromatic carbocycles. The fourth-order valence-electron chi connectivity index (χ4n) is 2.02. The third-order valence-corrected chi connectivity index (χ3v) is 3.40. The van der Waals surface area contributed by atoms with Gasteiger partial charge in [0.2, 0.25) is 0 Å². The molecular weight excluding hydrogens is 266 g/mol. The van der Waals surface area contributed by atoms with Gasteiger partial charge in [0.1, 0.15) is 0 Å². The van der Waals surface area contributed by atoms with Crippen molar-refractivity contribution in [1.82, 2.24) is 4.90 Å². The van der Waals surface area contributed by atoms with Crippen molar-refractivity contribution in [3.8, 4) is 0 Å². The summed E-state index contributed by atoms with van der Waals surface area (Å²) in [5.41, 5.74) is 0. The highest BCUT2D eigenvalue weighted by Gasteiger charge is 2.09. The minimum absolute atomic E-state index is 0.228. The molecule has 21 heavy (non-hydrogen) atoms. The van der Waals surface area contributed by atoms with Crippen LogP contribution in [0.5, 0.6) is 0 Å². The minimum atomic E-state index is -0.285. The fraction of sp³-hybridized carbons (Fsp3) is 1.00. The summed E-state index contributed by atoms with van der Waals surface area (Å²) in [7, 11) is 0. The molecule has 1 saturated heterocycles. The van der Waals surface area contributed by atoms with Crippen LogP contribution in [0, 0.1) is 0 Å². The summed E-state index contributed by atoms with van der Waals surface area (Å²) in [6.07, 6.45) is 5.27. The fourth-order valence-corrected chi connectivity index (χ4v) is 2.02. The van der Waals surface area contributed by atoms with Crippen LogP contribution >= 0.6 is 0 Å². The van der Waals surface area contributed by atoms with Gasteiger partial charge in [-0.3, -0.25) is 0 Å². The number of likely N-dealkylation sites (tertiary alicyclic amines) is 1. The molecule has 1 unspecified atom stereocenters. The van der Waals surface area contributed by atoms with Crippen molar-refractivity contribution < 1.29 is 14.6 Å². The number of aliphatic hydroxyl groups excluding tert-OH is 1. The van der Waals surface area contributed by atoms with Gasteiger partial charge in [0, 0.05) is 6.54 Å². The molecule has 0 aliphatic carbocycles. The summed E-state index contributed by atoms with van der Waals surface area (Å²) < 4.78 is 10.6. The lowest BCUT2D eigenvalue weighted by molar-refractivity contribution is 0.00464. The molecule has 1 atom stereocenters. The van der Waals surface area contributed by atoms with Crippen molar-refractivity contribution in [1.29, 1.82) is 0 Å². The number of ether oxygens (including phenoxy) is 2. The number of aliphatic hydroxyl groups is 1. The zero-order valence-corrected chi connectivity index (χ0v) is 14.8. The molecule has 0 bridgehead atoms. The molecule has 0 amide bonds. The monoisotopic (exact) mass is 303 g/mol. The molecule has 1 fully saturated rings. The Morgan fingerprint density at radius 1 is 0.952 bits per heavy atom. The van der Waals surface area contributed by atoms with Gasteiger partial charge >= 0.3 is 0 Å². The van der Waals surface area contributed by atoms with Crippen LogP contribution in [0.1, 0.15) is 60.3 Å². The summed E-state index contributed by atoms with van der Waals surface area (Å²) in [4.78, 5) is 2.51. The predicted octanol–water partition coefficient (Wildman–Crippen LogP) is 3.08. The van der Waals surface area contributed by atoms with E-state index < -0.39 is 0 Å². The van der Waals surface area contributed by atoms with E-state index in [-0.39, 0.29) is 12.2 Å². The molecule has 1 heterocycles. The van der Waals surface area contributed by atoms with Crippen molar-refractivity contribution in [2.45, 2.75) is 78.6 Å². The molecule has 0 aromatic rings. The number of hydrogen-bond acceptors (Lipinski definition) is 4. The number of rotatable bonds is 8. The van der Waals surface area contributed by atoms with Gasteiger partial charge in [-0.05, 0) is 60.0 Å². The summed E-state index contributed by atoms with van der Waals surface area (Å²) >= 11 is 0. The molecule has 0 radical (unpaired) electrons. The van der Waals surface area contributed by atoms with Gasteiger partial charge in [-0.1, -0.05) is 13.3 Å². The second-order valence-electron chi connectivity index (χ2n) is 6.27. The Kier molecular flexibility index (Phi) is 13.4. The van der Waals surface area contributed by atoms with Crippen molar-refractivity contribution in [3.05, 3.63) is 0 Å². The van der Waals surface area contributed by atoms with Gasteiger partial charge in [-0.15, -0.1) is 0 Å². The highest BCUT2D eigenvalue weighted by molar-refractivity contribution is 4.63. The third-order valence-electron chi connectivity index (χ3n) is 3.40. The summed E-state index contributed by atoms with van der Waals surface area (Å²) in [6.45, 7) is 15.1. The van der Waals surface area contributed by atoms with Crippen LogP contribution in [-0.2, 0) is 9.47 Å². The van der Waals surface area contributed by atoms with E-state index in [4.69, 9.17) is 14.6 Å². The normalized spacial score (nSPS) is 17.7. The van der Waals surface area contributed by atoms with Gasteiger partial charge in [0.25, 0.3) is 0 Å². The molecule has 0 saturated carbocycles. The predicted molar refractivity (Wildman–Crippen MR) is 88.8 cm³/mol. The van der Waals surface area contributed by atoms with Crippen molar-refractivity contribution in [2.75, 3.05) is 32.8 Å². The van der Waals surface area contributed by atoms with Crippen molar-refractivity contribution >= 4 is 0 Å². The highest BCUT2D eigenvalue weighted by atomic mass is 16.5. The van der Waals surface area contributed by atoms with Crippen LogP contribution in [0.25, 0.3) is 0 Å². The first-order valence-corrected chi connectivity index (χ1v) is 8.59. The molecule has 4 heteroatoms. The Balaban J connectivity index is 0.000000400. The smallest absolute Gasteiger partial charge is 0.0771 e. The SMILES string of the molecule is CC(C)OCCN1CCCCC1.CCC(O)COC(C)C. The third kappa shape index (κ3) is 14.5. The Labute approximate surface area is 131 Å². The van der Waals surface area contributed by atoms with E-state index in [0.717, 1.165) is 19.6 Å². The molecule has 4 nitrogen and oxygen atoms in total. The van der Waals surface area contributed by atoms with Crippen molar-refractivity contribution in [2.24, 2.45) is 0 Å². The van der Waals surface area contributed by atoms with Crippen LogP contribution < -0.4 is 0 Å². The summed E-state index contributed by atoms with van der Waals surface area (Å²) in [5.74, 6) is 0. The highest BCUT2D eigenvalue weighted by Crippen LogP contribution is 2.07. The minimum Gasteiger partial charge on any atom is -0.391 e. The van der Waals surface area contributed by atoms with Gasteiger partial charge < -0.3 is 19.5 Å². The van der Waals surface area contributed by atoms with Crippen LogP contribution in [0.3, 0.4) is 0 Å². The molecule has 0 spiro atoms. The van der Waals surface area contributed by atoms with Crippen molar-refractivity contribution in [3.63, 3.8) is 0 Å². The van der Waals surface area contributed by atoms with Crippen LogP contribution in [0.4, 0.5) is 0 Å². The maximum Gasteiger partial charge on any atom is 0.0771 e. The lowest BCUT2D eigenvalue weighted by atomic mass is 10.1. The first kappa shape index (κ1) is 20.8. The average molecular weight is 303 g/mol. The molecule has 1 aliphatic heterocycles. The van der Waals surface area contributed by atoms with E-state index in [0.29, 0.717) is 12.7 Å². The Bertz CT molecular complexity index is 216. The molecule has 1 N–H and O–H groups in total. The maximum atomic E-state index is 8.98. The van der Waals surface area contributed by atoms with Gasteiger partial charge in [-0.25, -0.2) is 0 Å². The lowest BCUT2D eigenvalue weighted by Gasteiger charge is -2.26. The van der Waals surface area contributed by atoms with E-state index in [9.17, 15) is 0 Å². The average Bonchev–Trinajstić information content (AvgIpc) is 2.46. The standard InChI is InChI=1S/C10H21NO.C7H16O2/c1-10(2)12-9-8-11-6-4-3-5-7-11;1-4-7(8)5-9-6(2)3/h10H,3-9H2,1-2H3;6-8H,4-5H2,1-3H3. The van der Waals surface area contributed by atoms with Gasteiger partial charge in [-0.2, -0.15) is 0 Å². The molecular formula is C17H37NO3. The molecule has 128 valence electrons.